The van der Waals surface area contributed by atoms with Gasteiger partial charge in [-0.25, -0.2) is 9.97 Å². The lowest BCUT2D eigenvalue weighted by atomic mass is 9.98. The van der Waals surface area contributed by atoms with Gasteiger partial charge < -0.3 is 5.32 Å². The van der Waals surface area contributed by atoms with E-state index in [0.29, 0.717) is 29.9 Å². The molecule has 1 atom stereocenters. The lowest BCUT2D eigenvalue weighted by Gasteiger charge is -2.19. The monoisotopic (exact) mass is 374 g/mol. The number of nitrogens with zero attached hydrogens (tertiary/aromatic N) is 3. The Morgan fingerprint density at radius 1 is 1.29 bits per heavy atom. The number of fused-ring (bicyclic) bond motifs is 2. The van der Waals surface area contributed by atoms with E-state index < -0.39 is 0 Å². The van der Waals surface area contributed by atoms with Crippen molar-refractivity contribution in [2.24, 2.45) is 0 Å². The molecule has 1 N–H and O–H groups in total. The van der Waals surface area contributed by atoms with E-state index in [4.69, 9.17) is 0 Å². The van der Waals surface area contributed by atoms with Crippen LogP contribution in [-0.4, -0.2) is 20.3 Å². The van der Waals surface area contributed by atoms with E-state index in [1.165, 1.54) is 12.4 Å². The van der Waals surface area contributed by atoms with Crippen LogP contribution in [0.4, 0.5) is 5.82 Å². The summed E-state index contributed by atoms with van der Waals surface area (Å²) in [7, 11) is 0. The minimum atomic E-state index is -0.156. The van der Waals surface area contributed by atoms with Crippen molar-refractivity contribution in [3.05, 3.63) is 70.4 Å². The van der Waals surface area contributed by atoms with E-state index in [2.05, 4.69) is 21.9 Å². The smallest absolute Gasteiger partial charge is 0.256 e. The quantitative estimate of drug-likeness (QED) is 0.731. The molecule has 3 aromatic rings. The number of carbonyl (C=O) groups excluding carboxylic acids is 1. The molecule has 0 spiro atoms. The summed E-state index contributed by atoms with van der Waals surface area (Å²) in [6.45, 7) is 7.97. The third kappa shape index (κ3) is 3.01. The molecular formula is C22H22N4O2. The Balaban J connectivity index is 1.75. The van der Waals surface area contributed by atoms with Crippen LogP contribution in [0.25, 0.3) is 16.6 Å². The highest BCUT2D eigenvalue weighted by Crippen LogP contribution is 2.31. The van der Waals surface area contributed by atoms with Crippen LogP contribution in [0.5, 0.6) is 0 Å². The largest absolute Gasteiger partial charge is 0.363 e. The Bertz CT molecular complexity index is 1160. The van der Waals surface area contributed by atoms with E-state index in [1.54, 1.807) is 10.8 Å². The van der Waals surface area contributed by atoms with Crippen LogP contribution in [0, 0.1) is 0 Å². The molecule has 6 heteroatoms. The van der Waals surface area contributed by atoms with Crippen LogP contribution in [0.15, 0.2) is 48.2 Å². The molecule has 0 unspecified atom stereocenters. The maximum Gasteiger partial charge on any atom is 0.256 e. The summed E-state index contributed by atoms with van der Waals surface area (Å²) in [5.41, 5.74) is 4.18. The minimum absolute atomic E-state index is 0.0475. The summed E-state index contributed by atoms with van der Waals surface area (Å²) < 4.78 is 1.54. The fourth-order valence-corrected chi connectivity index (χ4v) is 3.77. The molecule has 2 aromatic heterocycles. The average molecular weight is 374 g/mol. The summed E-state index contributed by atoms with van der Waals surface area (Å²) >= 11 is 0. The molecule has 0 bridgehead atoms. The van der Waals surface area contributed by atoms with Crippen molar-refractivity contribution in [1.82, 2.24) is 14.5 Å². The van der Waals surface area contributed by atoms with Crippen LogP contribution in [0.1, 0.15) is 54.2 Å². The first kappa shape index (κ1) is 18.1. The number of hydrogen-bond donors (Lipinski definition) is 1. The van der Waals surface area contributed by atoms with E-state index in [-0.39, 0.29) is 17.4 Å². The normalized spacial score (nSPS) is 14.1. The molecule has 142 valence electrons. The van der Waals surface area contributed by atoms with Crippen molar-refractivity contribution < 1.29 is 4.79 Å². The van der Waals surface area contributed by atoms with Crippen molar-refractivity contribution in [3.63, 3.8) is 0 Å². The summed E-state index contributed by atoms with van der Waals surface area (Å²) in [6.07, 6.45) is 5.21. The van der Waals surface area contributed by atoms with Gasteiger partial charge in [-0.15, -0.1) is 0 Å². The summed E-state index contributed by atoms with van der Waals surface area (Å²) in [5.74, 6) is 0.857. The number of rotatable bonds is 5. The Morgan fingerprint density at radius 2 is 2.11 bits per heavy atom. The van der Waals surface area contributed by atoms with Gasteiger partial charge in [0.25, 0.3) is 5.56 Å². The highest BCUT2D eigenvalue weighted by atomic mass is 16.1. The summed E-state index contributed by atoms with van der Waals surface area (Å²) in [5, 5.41) is 4.20. The molecule has 0 radical (unpaired) electrons. The van der Waals surface area contributed by atoms with Gasteiger partial charge in [0.1, 0.15) is 12.1 Å². The summed E-state index contributed by atoms with van der Waals surface area (Å²) in [4.78, 5) is 33.0. The maximum atomic E-state index is 12.3. The van der Waals surface area contributed by atoms with E-state index >= 15 is 0 Å². The Hall–Kier alpha value is -3.28. The Kier molecular flexibility index (Phi) is 4.55. The Morgan fingerprint density at radius 3 is 2.89 bits per heavy atom. The summed E-state index contributed by atoms with van der Waals surface area (Å²) in [6, 6.07) is 7.33. The van der Waals surface area contributed by atoms with Crippen molar-refractivity contribution in [3.8, 4) is 0 Å². The second-order valence-electron chi connectivity index (χ2n) is 7.09. The molecule has 4 rings (SSSR count). The second kappa shape index (κ2) is 7.03. The topological polar surface area (TPSA) is 76.9 Å². The zero-order valence-corrected chi connectivity index (χ0v) is 16.0. The number of allylic oxidation sites excluding steroid dienone is 1. The van der Waals surface area contributed by atoms with Crippen LogP contribution < -0.4 is 10.9 Å². The Labute approximate surface area is 163 Å². The van der Waals surface area contributed by atoms with Gasteiger partial charge >= 0.3 is 0 Å². The molecular weight excluding hydrogens is 352 g/mol. The van der Waals surface area contributed by atoms with Gasteiger partial charge in [0.2, 0.25) is 0 Å². The number of aromatic nitrogens is 3. The molecule has 0 aliphatic heterocycles. The number of nitrogens with one attached hydrogen (secondary N) is 1. The number of Topliss-reactive ketones (excluding diaryl/α,β-unsaturated/α-hetero) is 1. The molecule has 0 saturated carbocycles. The van der Waals surface area contributed by atoms with Crippen LogP contribution >= 0.6 is 0 Å². The zero-order valence-electron chi connectivity index (χ0n) is 16.0. The third-order valence-corrected chi connectivity index (χ3v) is 5.35. The standard InChI is InChI=1S/C22H22N4O2/c1-4-13(2)26-11-18-19(10-21(26)28)23-12-24-22(18)25-14(3)15-6-5-7-17-16(15)8-9-20(17)27/h5-7,10-12,14H,2,4,8-9H2,1,3H3,(H,23,24,25)/t14-/m1/s1. The molecule has 0 fully saturated rings. The fraction of sp³-hybridized carbons (Fsp3) is 0.273. The second-order valence-corrected chi connectivity index (χ2v) is 7.09. The van der Waals surface area contributed by atoms with Gasteiger partial charge in [0.05, 0.1) is 16.9 Å². The van der Waals surface area contributed by atoms with E-state index in [0.717, 1.165) is 28.5 Å². The number of carbonyl (C=O) groups is 1. The molecule has 1 aliphatic carbocycles. The molecule has 0 saturated heterocycles. The number of benzene rings is 1. The minimum Gasteiger partial charge on any atom is -0.363 e. The van der Waals surface area contributed by atoms with Gasteiger partial charge in [0, 0.05) is 29.9 Å². The van der Waals surface area contributed by atoms with Crippen molar-refractivity contribution in [1.29, 1.82) is 0 Å². The SMILES string of the molecule is C=C(CC)n1cc2c(N[C@H](C)c3cccc4c3CCC4=O)ncnc2cc1=O. The van der Waals surface area contributed by atoms with Crippen molar-refractivity contribution in [2.75, 3.05) is 5.32 Å². The predicted molar refractivity (Wildman–Crippen MR) is 111 cm³/mol. The molecule has 6 nitrogen and oxygen atoms in total. The predicted octanol–water partition coefficient (Wildman–Crippen LogP) is 3.97. The third-order valence-electron chi connectivity index (χ3n) is 5.35. The van der Waals surface area contributed by atoms with Gasteiger partial charge in [-0.1, -0.05) is 31.7 Å². The molecule has 28 heavy (non-hydrogen) atoms. The van der Waals surface area contributed by atoms with Crippen molar-refractivity contribution >= 4 is 28.2 Å². The van der Waals surface area contributed by atoms with Gasteiger partial charge in [-0.2, -0.15) is 0 Å². The highest BCUT2D eigenvalue weighted by Gasteiger charge is 2.24. The highest BCUT2D eigenvalue weighted by molar-refractivity contribution is 6.00. The fourth-order valence-electron chi connectivity index (χ4n) is 3.77. The van der Waals surface area contributed by atoms with Gasteiger partial charge in [-0.3, -0.25) is 14.2 Å². The van der Waals surface area contributed by atoms with Gasteiger partial charge in [-0.05, 0) is 30.9 Å². The number of anilines is 1. The molecule has 1 aliphatic rings. The number of pyridine rings is 1. The van der Waals surface area contributed by atoms with E-state index in [1.807, 2.05) is 32.0 Å². The van der Waals surface area contributed by atoms with Gasteiger partial charge in [0.15, 0.2) is 5.78 Å². The maximum absolute atomic E-state index is 12.3. The molecule has 1 aromatic carbocycles. The molecule has 0 amide bonds. The lowest BCUT2D eigenvalue weighted by Crippen LogP contribution is -2.18. The van der Waals surface area contributed by atoms with Crippen LogP contribution in [0.2, 0.25) is 0 Å². The van der Waals surface area contributed by atoms with E-state index in [9.17, 15) is 9.59 Å². The van der Waals surface area contributed by atoms with Crippen molar-refractivity contribution in [2.45, 2.75) is 39.2 Å². The first-order valence-electron chi connectivity index (χ1n) is 9.46. The number of ketones is 1. The lowest BCUT2D eigenvalue weighted by molar-refractivity contribution is 0.0994. The average Bonchev–Trinajstić information content (AvgIpc) is 3.08. The number of hydrogen-bond acceptors (Lipinski definition) is 5. The first-order valence-corrected chi connectivity index (χ1v) is 9.46. The first-order chi connectivity index (χ1) is 13.5. The van der Waals surface area contributed by atoms with Crippen LogP contribution in [0.3, 0.4) is 0 Å². The zero-order chi connectivity index (χ0) is 19.8. The van der Waals surface area contributed by atoms with Crippen LogP contribution in [-0.2, 0) is 6.42 Å². The molecule has 2 heterocycles.